The molecular formula is C16H21F3N2. The van der Waals surface area contributed by atoms with Gasteiger partial charge in [-0.05, 0) is 49.4 Å². The van der Waals surface area contributed by atoms with Gasteiger partial charge in [0.1, 0.15) is 0 Å². The number of alkyl halides is 3. The Labute approximate surface area is 123 Å². The summed E-state index contributed by atoms with van der Waals surface area (Å²) in [5.41, 5.74) is 5.46. The van der Waals surface area contributed by atoms with Crippen molar-refractivity contribution in [3.63, 3.8) is 0 Å². The molecule has 1 aromatic rings. The maximum absolute atomic E-state index is 13.2. The minimum atomic E-state index is -4.34. The van der Waals surface area contributed by atoms with E-state index in [1.165, 1.54) is 25.3 Å². The van der Waals surface area contributed by atoms with Crippen LogP contribution in [-0.2, 0) is 12.7 Å². The Kier molecular flexibility index (Phi) is 3.86. The third-order valence-corrected chi connectivity index (χ3v) is 4.94. The predicted molar refractivity (Wildman–Crippen MR) is 76.6 cm³/mol. The number of hydrogen-bond acceptors (Lipinski definition) is 2. The van der Waals surface area contributed by atoms with Gasteiger partial charge in [-0.25, -0.2) is 0 Å². The van der Waals surface area contributed by atoms with Crippen molar-refractivity contribution < 1.29 is 13.2 Å². The molecule has 1 saturated heterocycles. The molecule has 1 aliphatic heterocycles. The molecule has 1 aromatic carbocycles. The molecule has 0 amide bonds. The van der Waals surface area contributed by atoms with Gasteiger partial charge in [-0.1, -0.05) is 18.9 Å². The predicted octanol–water partition coefficient (Wildman–Crippen LogP) is 4.05. The van der Waals surface area contributed by atoms with Crippen LogP contribution in [0.1, 0.15) is 43.2 Å². The van der Waals surface area contributed by atoms with Crippen LogP contribution in [0.25, 0.3) is 0 Å². The molecule has 116 valence electrons. The Morgan fingerprint density at radius 2 is 1.90 bits per heavy atom. The lowest BCUT2D eigenvalue weighted by Crippen LogP contribution is -2.34. The summed E-state index contributed by atoms with van der Waals surface area (Å²) in [7, 11) is 0. The molecule has 0 radical (unpaired) electrons. The summed E-state index contributed by atoms with van der Waals surface area (Å²) in [5, 5.41) is 0. The van der Waals surface area contributed by atoms with Gasteiger partial charge in [0.15, 0.2) is 0 Å². The van der Waals surface area contributed by atoms with Crippen molar-refractivity contribution in [1.82, 2.24) is 4.90 Å². The van der Waals surface area contributed by atoms with Crippen LogP contribution in [0.5, 0.6) is 0 Å². The average Bonchev–Trinajstić information content (AvgIpc) is 2.83. The van der Waals surface area contributed by atoms with Crippen molar-refractivity contribution in [3.05, 3.63) is 29.3 Å². The van der Waals surface area contributed by atoms with Crippen LogP contribution in [0.3, 0.4) is 0 Å². The van der Waals surface area contributed by atoms with Crippen LogP contribution in [-0.4, -0.2) is 17.5 Å². The number of nitrogens with two attached hydrogens (primary N) is 1. The molecule has 1 saturated carbocycles. The van der Waals surface area contributed by atoms with E-state index in [0.29, 0.717) is 24.1 Å². The number of benzene rings is 1. The lowest BCUT2D eigenvalue weighted by atomic mass is 9.85. The zero-order valence-corrected chi connectivity index (χ0v) is 12.0. The van der Waals surface area contributed by atoms with E-state index < -0.39 is 11.7 Å². The summed E-state index contributed by atoms with van der Waals surface area (Å²) < 4.78 is 39.5. The van der Waals surface area contributed by atoms with Gasteiger partial charge in [0.25, 0.3) is 0 Å². The number of halogens is 3. The molecule has 0 bridgehead atoms. The molecule has 0 spiro atoms. The van der Waals surface area contributed by atoms with Crippen LogP contribution in [0.15, 0.2) is 18.2 Å². The van der Waals surface area contributed by atoms with Gasteiger partial charge in [-0.15, -0.1) is 0 Å². The fourth-order valence-electron chi connectivity index (χ4n) is 3.91. The molecule has 21 heavy (non-hydrogen) atoms. The summed E-state index contributed by atoms with van der Waals surface area (Å²) in [4.78, 5) is 2.24. The van der Waals surface area contributed by atoms with Crippen molar-refractivity contribution in [2.75, 3.05) is 12.3 Å². The summed E-state index contributed by atoms with van der Waals surface area (Å²) in [6, 6.07) is 4.63. The third-order valence-electron chi connectivity index (χ3n) is 4.94. The normalized spacial score (nSPS) is 26.8. The first-order valence-corrected chi connectivity index (χ1v) is 7.65. The fraction of sp³-hybridized carbons (Fsp3) is 0.625. The van der Waals surface area contributed by atoms with Gasteiger partial charge >= 0.3 is 6.18 Å². The van der Waals surface area contributed by atoms with Crippen LogP contribution in [0.2, 0.25) is 0 Å². The molecule has 2 aliphatic rings. The van der Waals surface area contributed by atoms with E-state index in [2.05, 4.69) is 4.90 Å². The Balaban J connectivity index is 1.82. The monoisotopic (exact) mass is 298 g/mol. The second-order valence-electron chi connectivity index (χ2n) is 6.29. The standard InChI is InChI=1S/C16H21F3N2/c17-16(18,19)14-9-13(20)6-5-12(14)10-21-8-7-11-3-1-2-4-15(11)21/h5-6,9,11,15H,1-4,7-8,10,20H2. The summed E-state index contributed by atoms with van der Waals surface area (Å²) in [6.45, 7) is 1.30. The molecular weight excluding hydrogens is 277 g/mol. The van der Waals surface area contributed by atoms with E-state index in [9.17, 15) is 13.2 Å². The van der Waals surface area contributed by atoms with Crippen LogP contribution in [0.4, 0.5) is 18.9 Å². The van der Waals surface area contributed by atoms with E-state index in [1.54, 1.807) is 6.07 Å². The van der Waals surface area contributed by atoms with Gasteiger partial charge < -0.3 is 5.73 Å². The smallest absolute Gasteiger partial charge is 0.399 e. The van der Waals surface area contributed by atoms with Crippen molar-refractivity contribution in [2.45, 2.75) is 50.9 Å². The summed E-state index contributed by atoms with van der Waals surface area (Å²) >= 11 is 0. The molecule has 2 nitrogen and oxygen atoms in total. The largest absolute Gasteiger partial charge is 0.416 e. The first-order chi connectivity index (χ1) is 9.95. The van der Waals surface area contributed by atoms with Crippen LogP contribution in [0, 0.1) is 5.92 Å². The maximum atomic E-state index is 13.2. The zero-order valence-electron chi connectivity index (χ0n) is 12.0. The molecule has 2 atom stereocenters. The second-order valence-corrected chi connectivity index (χ2v) is 6.29. The van der Waals surface area contributed by atoms with Gasteiger partial charge in [-0.2, -0.15) is 13.2 Å². The van der Waals surface area contributed by atoms with E-state index in [1.807, 2.05) is 0 Å². The van der Waals surface area contributed by atoms with Gasteiger partial charge in [0.2, 0.25) is 0 Å². The lowest BCUT2D eigenvalue weighted by Gasteiger charge is -2.32. The molecule has 3 rings (SSSR count). The number of fused-ring (bicyclic) bond motifs is 1. The minimum absolute atomic E-state index is 0.169. The molecule has 1 aliphatic carbocycles. The van der Waals surface area contributed by atoms with Crippen molar-refractivity contribution in [3.8, 4) is 0 Å². The highest BCUT2D eigenvalue weighted by atomic mass is 19.4. The van der Waals surface area contributed by atoms with E-state index in [0.717, 1.165) is 25.5 Å². The highest BCUT2D eigenvalue weighted by molar-refractivity contribution is 5.46. The fourth-order valence-corrected chi connectivity index (χ4v) is 3.91. The molecule has 2 fully saturated rings. The minimum Gasteiger partial charge on any atom is -0.399 e. The maximum Gasteiger partial charge on any atom is 0.416 e. The average molecular weight is 298 g/mol. The molecule has 5 heteroatoms. The van der Waals surface area contributed by atoms with Crippen LogP contribution < -0.4 is 5.73 Å². The number of nitrogens with zero attached hydrogens (tertiary/aromatic N) is 1. The van der Waals surface area contributed by atoms with Crippen molar-refractivity contribution >= 4 is 5.69 Å². The lowest BCUT2D eigenvalue weighted by molar-refractivity contribution is -0.138. The highest BCUT2D eigenvalue weighted by Gasteiger charge is 2.38. The van der Waals surface area contributed by atoms with E-state index in [-0.39, 0.29) is 5.69 Å². The zero-order chi connectivity index (χ0) is 15.0. The third kappa shape index (κ3) is 3.03. The second kappa shape index (κ2) is 5.52. The van der Waals surface area contributed by atoms with Crippen molar-refractivity contribution in [2.24, 2.45) is 5.92 Å². The Morgan fingerprint density at radius 3 is 2.67 bits per heavy atom. The highest BCUT2D eigenvalue weighted by Crippen LogP contribution is 2.39. The molecule has 2 N–H and O–H groups in total. The quantitative estimate of drug-likeness (QED) is 0.835. The number of rotatable bonds is 2. The first-order valence-electron chi connectivity index (χ1n) is 7.65. The SMILES string of the molecule is Nc1ccc(CN2CCC3CCCCC32)c(C(F)(F)F)c1. The Hall–Kier alpha value is -1.23. The Bertz CT molecular complexity index is 513. The first kappa shape index (κ1) is 14.7. The molecule has 1 heterocycles. The molecule has 0 aromatic heterocycles. The van der Waals surface area contributed by atoms with Gasteiger partial charge in [0, 0.05) is 18.3 Å². The van der Waals surface area contributed by atoms with Crippen LogP contribution >= 0.6 is 0 Å². The molecule has 2 unspecified atom stereocenters. The number of likely N-dealkylation sites (tertiary alicyclic amines) is 1. The Morgan fingerprint density at radius 1 is 1.14 bits per heavy atom. The van der Waals surface area contributed by atoms with Gasteiger partial charge in [0.05, 0.1) is 5.56 Å². The van der Waals surface area contributed by atoms with E-state index in [4.69, 9.17) is 5.73 Å². The van der Waals surface area contributed by atoms with Gasteiger partial charge in [-0.3, -0.25) is 4.90 Å². The number of hydrogen-bond donors (Lipinski definition) is 1. The number of anilines is 1. The topological polar surface area (TPSA) is 29.3 Å². The number of nitrogen functional groups attached to an aromatic ring is 1. The van der Waals surface area contributed by atoms with Crippen molar-refractivity contribution in [1.29, 1.82) is 0 Å². The summed E-state index contributed by atoms with van der Waals surface area (Å²) in [6.07, 6.45) is 1.61. The summed E-state index contributed by atoms with van der Waals surface area (Å²) in [5.74, 6) is 0.682. The van der Waals surface area contributed by atoms with E-state index >= 15 is 0 Å².